The van der Waals surface area contributed by atoms with Gasteiger partial charge in [-0.3, -0.25) is 4.90 Å². The van der Waals surface area contributed by atoms with E-state index in [4.69, 9.17) is 9.47 Å². The maximum atomic E-state index is 11.3. The van der Waals surface area contributed by atoms with Gasteiger partial charge in [0.2, 0.25) is 0 Å². The summed E-state index contributed by atoms with van der Waals surface area (Å²) < 4.78 is 9.87. The fourth-order valence-electron chi connectivity index (χ4n) is 1.12. The Hall–Kier alpha value is -0.870. The minimum absolute atomic E-state index is 0.251. The normalized spacial score (nSPS) is 12.6. The van der Waals surface area contributed by atoms with Crippen molar-refractivity contribution in [1.29, 1.82) is 0 Å². The van der Waals surface area contributed by atoms with E-state index in [1.54, 1.807) is 14.0 Å². The van der Waals surface area contributed by atoms with Gasteiger partial charge in [-0.1, -0.05) is 6.58 Å². The van der Waals surface area contributed by atoms with Gasteiger partial charge in [-0.25, -0.2) is 4.79 Å². The number of carbonyl (C=O) groups is 1. The van der Waals surface area contributed by atoms with Crippen molar-refractivity contribution in [1.82, 2.24) is 4.90 Å². The van der Waals surface area contributed by atoms with Gasteiger partial charge in [0, 0.05) is 25.3 Å². The van der Waals surface area contributed by atoms with Crippen LogP contribution in [0, 0.1) is 0 Å². The van der Waals surface area contributed by atoms with E-state index in [0.717, 1.165) is 0 Å². The number of rotatable bonds is 7. The maximum Gasteiger partial charge on any atom is 0.334 e. The summed E-state index contributed by atoms with van der Waals surface area (Å²) in [6, 6.07) is 0.251. The van der Waals surface area contributed by atoms with E-state index in [1.165, 1.54) is 0 Å². The molecule has 88 valence electrons. The molecule has 0 rings (SSSR count). The summed E-state index contributed by atoms with van der Waals surface area (Å²) in [5, 5.41) is 0. The molecule has 0 spiro atoms. The molecule has 0 aromatic heterocycles. The van der Waals surface area contributed by atoms with Gasteiger partial charge in [-0.05, 0) is 20.9 Å². The second-order valence-electron chi connectivity index (χ2n) is 3.54. The first-order valence-electron chi connectivity index (χ1n) is 5.07. The Labute approximate surface area is 91.8 Å². The van der Waals surface area contributed by atoms with E-state index < -0.39 is 0 Å². The highest BCUT2D eigenvalue weighted by atomic mass is 16.5. The van der Waals surface area contributed by atoms with E-state index >= 15 is 0 Å². The molecule has 4 heteroatoms. The SMILES string of the molecule is C=C(CN(C)C(C)COC)C(=O)OCC. The summed E-state index contributed by atoms with van der Waals surface area (Å²) >= 11 is 0. The number of hydrogen-bond donors (Lipinski definition) is 0. The van der Waals surface area contributed by atoms with Gasteiger partial charge in [0.1, 0.15) is 0 Å². The number of nitrogens with zero attached hydrogens (tertiary/aromatic N) is 1. The molecule has 1 atom stereocenters. The van der Waals surface area contributed by atoms with Crippen LogP contribution in [0.4, 0.5) is 0 Å². The van der Waals surface area contributed by atoms with Gasteiger partial charge >= 0.3 is 5.97 Å². The summed E-state index contributed by atoms with van der Waals surface area (Å²) in [6.07, 6.45) is 0. The van der Waals surface area contributed by atoms with Crippen LogP contribution in [-0.4, -0.2) is 50.8 Å². The lowest BCUT2D eigenvalue weighted by Crippen LogP contribution is -2.35. The van der Waals surface area contributed by atoms with E-state index in [9.17, 15) is 4.79 Å². The zero-order valence-corrected chi connectivity index (χ0v) is 10.1. The van der Waals surface area contributed by atoms with Crippen molar-refractivity contribution < 1.29 is 14.3 Å². The molecule has 0 heterocycles. The van der Waals surface area contributed by atoms with Crippen LogP contribution in [0.5, 0.6) is 0 Å². The quantitative estimate of drug-likeness (QED) is 0.470. The first-order chi connectivity index (χ1) is 7.02. The van der Waals surface area contributed by atoms with E-state index in [2.05, 4.69) is 6.58 Å². The van der Waals surface area contributed by atoms with Crippen LogP contribution in [0.3, 0.4) is 0 Å². The molecular weight excluding hydrogens is 194 g/mol. The number of esters is 1. The van der Waals surface area contributed by atoms with Crippen LogP contribution in [0.1, 0.15) is 13.8 Å². The summed E-state index contributed by atoms with van der Waals surface area (Å²) in [7, 11) is 3.58. The highest BCUT2D eigenvalue weighted by Gasteiger charge is 2.14. The standard InChI is InChI=1S/C11H21NO3/c1-6-15-11(13)9(2)7-12(4)10(3)8-14-5/h10H,2,6-8H2,1,3-5H3. The molecule has 0 N–H and O–H groups in total. The average molecular weight is 215 g/mol. The summed E-state index contributed by atoms with van der Waals surface area (Å²) in [6.45, 7) is 9.03. The predicted molar refractivity (Wildman–Crippen MR) is 59.7 cm³/mol. The Balaban J connectivity index is 4.00. The van der Waals surface area contributed by atoms with Gasteiger partial charge in [0.25, 0.3) is 0 Å². The van der Waals surface area contributed by atoms with Crippen LogP contribution in [0.15, 0.2) is 12.2 Å². The lowest BCUT2D eigenvalue weighted by atomic mass is 10.2. The Morgan fingerprint density at radius 3 is 2.60 bits per heavy atom. The van der Waals surface area contributed by atoms with Crippen molar-refractivity contribution in [3.05, 3.63) is 12.2 Å². The van der Waals surface area contributed by atoms with Crippen molar-refractivity contribution in [3.63, 3.8) is 0 Å². The monoisotopic (exact) mass is 215 g/mol. The smallest absolute Gasteiger partial charge is 0.334 e. The Morgan fingerprint density at radius 2 is 2.13 bits per heavy atom. The summed E-state index contributed by atoms with van der Waals surface area (Å²) in [5.41, 5.74) is 0.474. The molecule has 0 saturated heterocycles. The highest BCUT2D eigenvalue weighted by molar-refractivity contribution is 5.88. The highest BCUT2D eigenvalue weighted by Crippen LogP contribution is 2.02. The minimum Gasteiger partial charge on any atom is -0.463 e. The van der Waals surface area contributed by atoms with E-state index in [1.807, 2.05) is 18.9 Å². The number of ether oxygens (including phenoxy) is 2. The lowest BCUT2D eigenvalue weighted by molar-refractivity contribution is -0.138. The molecule has 0 saturated carbocycles. The predicted octanol–water partition coefficient (Wildman–Crippen LogP) is 1.07. The van der Waals surface area contributed by atoms with Gasteiger partial charge in [-0.15, -0.1) is 0 Å². The van der Waals surface area contributed by atoms with Crippen LogP contribution in [-0.2, 0) is 14.3 Å². The molecule has 0 fully saturated rings. The van der Waals surface area contributed by atoms with Gasteiger partial charge < -0.3 is 9.47 Å². The second-order valence-corrected chi connectivity index (χ2v) is 3.54. The second kappa shape index (κ2) is 7.43. The third-order valence-corrected chi connectivity index (χ3v) is 2.16. The molecule has 0 aliphatic carbocycles. The first kappa shape index (κ1) is 14.1. The average Bonchev–Trinajstić information content (AvgIpc) is 2.18. The van der Waals surface area contributed by atoms with Crippen LogP contribution in [0.2, 0.25) is 0 Å². The zero-order chi connectivity index (χ0) is 11.8. The summed E-state index contributed by atoms with van der Waals surface area (Å²) in [4.78, 5) is 13.3. The molecule has 0 bridgehead atoms. The topological polar surface area (TPSA) is 38.8 Å². The number of methoxy groups -OCH3 is 1. The molecule has 0 aromatic rings. The molecule has 4 nitrogen and oxygen atoms in total. The molecule has 1 unspecified atom stereocenters. The molecular formula is C11H21NO3. The Kier molecular flexibility index (Phi) is 6.99. The molecule has 0 aliphatic rings. The first-order valence-corrected chi connectivity index (χ1v) is 5.07. The molecule has 15 heavy (non-hydrogen) atoms. The zero-order valence-electron chi connectivity index (χ0n) is 10.1. The van der Waals surface area contributed by atoms with Crippen molar-refractivity contribution >= 4 is 5.97 Å². The van der Waals surface area contributed by atoms with Crippen molar-refractivity contribution in [2.75, 3.05) is 33.9 Å². The largest absolute Gasteiger partial charge is 0.463 e. The van der Waals surface area contributed by atoms with Crippen molar-refractivity contribution in [3.8, 4) is 0 Å². The van der Waals surface area contributed by atoms with Gasteiger partial charge in [0.15, 0.2) is 0 Å². The van der Waals surface area contributed by atoms with E-state index in [0.29, 0.717) is 25.3 Å². The molecule has 0 radical (unpaired) electrons. The van der Waals surface area contributed by atoms with Gasteiger partial charge in [0.05, 0.1) is 13.2 Å². The van der Waals surface area contributed by atoms with Crippen LogP contribution < -0.4 is 0 Å². The van der Waals surface area contributed by atoms with Crippen LogP contribution in [0.25, 0.3) is 0 Å². The fourth-order valence-corrected chi connectivity index (χ4v) is 1.12. The number of hydrogen-bond acceptors (Lipinski definition) is 4. The minimum atomic E-state index is -0.325. The molecule has 0 amide bonds. The maximum absolute atomic E-state index is 11.3. The third kappa shape index (κ3) is 5.54. The Bertz CT molecular complexity index is 216. The van der Waals surface area contributed by atoms with Gasteiger partial charge in [-0.2, -0.15) is 0 Å². The Morgan fingerprint density at radius 1 is 1.53 bits per heavy atom. The van der Waals surface area contributed by atoms with Crippen molar-refractivity contribution in [2.45, 2.75) is 19.9 Å². The number of carbonyl (C=O) groups excluding carboxylic acids is 1. The lowest BCUT2D eigenvalue weighted by Gasteiger charge is -2.24. The molecule has 0 aromatic carbocycles. The molecule has 0 aliphatic heterocycles. The van der Waals surface area contributed by atoms with E-state index in [-0.39, 0.29) is 12.0 Å². The summed E-state index contributed by atoms with van der Waals surface area (Å²) in [5.74, 6) is -0.325. The third-order valence-electron chi connectivity index (χ3n) is 2.16. The fraction of sp³-hybridized carbons (Fsp3) is 0.727. The van der Waals surface area contributed by atoms with Crippen LogP contribution >= 0.6 is 0 Å². The van der Waals surface area contributed by atoms with Crippen molar-refractivity contribution in [2.24, 2.45) is 0 Å². The number of likely N-dealkylation sites (N-methyl/N-ethyl adjacent to an activating group) is 1.